The number of alkyl halides is 6. The Morgan fingerprint density at radius 1 is 0.930 bits per heavy atom. The van der Waals surface area contributed by atoms with Gasteiger partial charge in [-0.05, 0) is 60.4 Å². The molecule has 0 saturated carbocycles. The van der Waals surface area contributed by atoms with Crippen molar-refractivity contribution in [2.24, 2.45) is 7.05 Å². The van der Waals surface area contributed by atoms with Crippen molar-refractivity contribution >= 4 is 34.3 Å². The molecule has 12 heteroatoms. The van der Waals surface area contributed by atoms with Crippen molar-refractivity contribution in [2.75, 3.05) is 7.05 Å². The number of amides is 2. The van der Waals surface area contributed by atoms with Crippen LogP contribution in [-0.2, 0) is 37.2 Å². The first-order valence-electron chi connectivity index (χ1n) is 13.2. The number of nitrogens with one attached hydrogen (secondary N) is 1. The summed E-state index contributed by atoms with van der Waals surface area (Å²) >= 11 is 5.99. The maximum Gasteiger partial charge on any atom is 0.416 e. The Balaban J connectivity index is 1.61. The highest BCUT2D eigenvalue weighted by Gasteiger charge is 2.38. The second-order valence-corrected chi connectivity index (χ2v) is 10.7. The Bertz CT molecular complexity index is 1600. The molecule has 2 amide bonds. The van der Waals surface area contributed by atoms with Gasteiger partial charge in [-0.15, -0.1) is 0 Å². The second-order valence-electron chi connectivity index (χ2n) is 10.3. The van der Waals surface area contributed by atoms with Crippen LogP contribution in [0.2, 0.25) is 5.02 Å². The van der Waals surface area contributed by atoms with Gasteiger partial charge in [0.1, 0.15) is 0 Å². The topological polar surface area (TPSA) is 54.3 Å². The van der Waals surface area contributed by atoms with E-state index in [1.54, 1.807) is 24.3 Å². The molecule has 0 bridgehead atoms. The van der Waals surface area contributed by atoms with E-state index in [0.717, 1.165) is 26.9 Å². The number of likely N-dealkylation sites (N-methyl/N-ethyl adjacent to an activating group) is 1. The highest BCUT2D eigenvalue weighted by molar-refractivity contribution is 6.30. The number of halogens is 7. The van der Waals surface area contributed by atoms with Gasteiger partial charge in [0.2, 0.25) is 5.91 Å². The van der Waals surface area contributed by atoms with Gasteiger partial charge in [-0.25, -0.2) is 0 Å². The van der Waals surface area contributed by atoms with Gasteiger partial charge in [-0.1, -0.05) is 41.9 Å². The van der Waals surface area contributed by atoms with Crippen molar-refractivity contribution in [1.29, 1.82) is 0 Å². The van der Waals surface area contributed by atoms with Gasteiger partial charge in [-0.2, -0.15) is 26.3 Å². The Hall–Kier alpha value is -3.99. The monoisotopic (exact) mass is 623 g/mol. The average Bonchev–Trinajstić information content (AvgIpc) is 3.27. The van der Waals surface area contributed by atoms with Crippen LogP contribution in [-0.4, -0.2) is 34.4 Å². The first-order chi connectivity index (χ1) is 20.1. The molecule has 0 aliphatic rings. The molecule has 0 radical (unpaired) electrons. The number of benzene rings is 3. The predicted molar refractivity (Wildman–Crippen MR) is 151 cm³/mol. The quantitative estimate of drug-likeness (QED) is 0.195. The number of rotatable bonds is 9. The van der Waals surface area contributed by atoms with Crippen molar-refractivity contribution in [1.82, 2.24) is 14.8 Å². The fourth-order valence-electron chi connectivity index (χ4n) is 4.96. The molecule has 4 aromatic rings. The van der Waals surface area contributed by atoms with Gasteiger partial charge in [0.15, 0.2) is 0 Å². The molecule has 0 aliphatic carbocycles. The Morgan fingerprint density at radius 2 is 1.58 bits per heavy atom. The van der Waals surface area contributed by atoms with E-state index in [1.165, 1.54) is 7.05 Å². The van der Waals surface area contributed by atoms with E-state index in [0.29, 0.717) is 17.2 Å². The number of para-hydroxylation sites is 1. The maximum absolute atomic E-state index is 13.5. The van der Waals surface area contributed by atoms with Crippen LogP contribution in [0.3, 0.4) is 0 Å². The van der Waals surface area contributed by atoms with E-state index in [2.05, 4.69) is 5.32 Å². The van der Waals surface area contributed by atoms with Crippen LogP contribution in [0.5, 0.6) is 0 Å². The summed E-state index contributed by atoms with van der Waals surface area (Å²) in [6, 6.07) is 14.5. The lowest BCUT2D eigenvalue weighted by Crippen LogP contribution is -2.39. The molecule has 1 atom stereocenters. The molecule has 43 heavy (non-hydrogen) atoms. The van der Waals surface area contributed by atoms with Crippen LogP contribution >= 0.6 is 11.6 Å². The van der Waals surface area contributed by atoms with Gasteiger partial charge in [0, 0.05) is 60.8 Å². The molecule has 0 aliphatic heterocycles. The fraction of sp³-hybridized carbons (Fsp3) is 0.290. The van der Waals surface area contributed by atoms with E-state index in [1.807, 2.05) is 42.1 Å². The van der Waals surface area contributed by atoms with Crippen molar-refractivity contribution in [3.63, 3.8) is 0 Å². The number of hydrogen-bond acceptors (Lipinski definition) is 2. The summed E-state index contributed by atoms with van der Waals surface area (Å²) in [6.07, 6.45) is -8.10. The third-order valence-corrected chi connectivity index (χ3v) is 7.46. The molecular formula is C31H28ClF6N3O2. The third kappa shape index (κ3) is 7.90. The number of nitrogens with zero attached hydrogens (tertiary/aromatic N) is 2. The molecule has 4 rings (SSSR count). The Morgan fingerprint density at radius 3 is 2.21 bits per heavy atom. The van der Waals surface area contributed by atoms with Crippen LogP contribution < -0.4 is 5.32 Å². The SMILES string of the molecule is CN(C(=O)c1cc(C(F)(F)F)cc(C(F)(F)F)c1)C(CCC(=O)NCc1cccc(Cl)c1)Cc1cn(C)c2ccccc12. The summed E-state index contributed by atoms with van der Waals surface area (Å²) in [4.78, 5) is 27.3. The second kappa shape index (κ2) is 12.7. The van der Waals surface area contributed by atoms with Crippen molar-refractivity contribution < 1.29 is 35.9 Å². The first-order valence-corrected chi connectivity index (χ1v) is 13.6. The van der Waals surface area contributed by atoms with Crippen molar-refractivity contribution in [3.05, 3.63) is 106 Å². The van der Waals surface area contributed by atoms with Crippen LogP contribution in [0, 0.1) is 0 Å². The van der Waals surface area contributed by atoms with E-state index in [9.17, 15) is 35.9 Å². The summed E-state index contributed by atoms with van der Waals surface area (Å²) in [5, 5.41) is 4.15. The predicted octanol–water partition coefficient (Wildman–Crippen LogP) is 7.65. The van der Waals surface area contributed by atoms with Gasteiger partial charge in [-0.3, -0.25) is 9.59 Å². The zero-order chi connectivity index (χ0) is 31.5. The third-order valence-electron chi connectivity index (χ3n) is 7.22. The number of fused-ring (bicyclic) bond motifs is 1. The molecular weight excluding hydrogens is 596 g/mol. The molecule has 1 heterocycles. The van der Waals surface area contributed by atoms with Gasteiger partial charge < -0.3 is 14.8 Å². The zero-order valence-electron chi connectivity index (χ0n) is 23.2. The van der Waals surface area contributed by atoms with Crippen molar-refractivity contribution in [3.8, 4) is 0 Å². The summed E-state index contributed by atoms with van der Waals surface area (Å²) in [6.45, 7) is 0.201. The van der Waals surface area contributed by atoms with Gasteiger partial charge in [0.05, 0.1) is 11.1 Å². The summed E-state index contributed by atoms with van der Waals surface area (Å²) in [5.74, 6) is -1.37. The van der Waals surface area contributed by atoms with Crippen molar-refractivity contribution in [2.45, 2.75) is 44.2 Å². The minimum absolute atomic E-state index is 0.0192. The molecule has 228 valence electrons. The minimum atomic E-state index is -5.10. The molecule has 3 aromatic carbocycles. The summed E-state index contributed by atoms with van der Waals surface area (Å²) in [7, 11) is 3.15. The van der Waals surface area contributed by atoms with E-state index < -0.39 is 41.0 Å². The van der Waals surface area contributed by atoms with Gasteiger partial charge >= 0.3 is 12.4 Å². The van der Waals surface area contributed by atoms with Crippen LogP contribution in [0.15, 0.2) is 72.9 Å². The summed E-state index contributed by atoms with van der Waals surface area (Å²) in [5.41, 5.74) is -1.43. The molecule has 1 unspecified atom stereocenters. The van der Waals surface area contributed by atoms with Crippen LogP contribution in [0.1, 0.15) is 45.5 Å². The fourth-order valence-corrected chi connectivity index (χ4v) is 5.17. The number of aromatic nitrogens is 1. The largest absolute Gasteiger partial charge is 0.416 e. The molecule has 0 saturated heterocycles. The number of aryl methyl sites for hydroxylation is 1. The summed E-state index contributed by atoms with van der Waals surface area (Å²) < 4.78 is 82.7. The minimum Gasteiger partial charge on any atom is -0.352 e. The molecule has 5 nitrogen and oxygen atoms in total. The molecule has 0 fully saturated rings. The zero-order valence-corrected chi connectivity index (χ0v) is 23.9. The smallest absolute Gasteiger partial charge is 0.352 e. The number of carbonyl (C=O) groups excluding carboxylic acids is 2. The van der Waals surface area contributed by atoms with E-state index in [4.69, 9.17) is 11.6 Å². The van der Waals surface area contributed by atoms with E-state index >= 15 is 0 Å². The van der Waals surface area contributed by atoms with Gasteiger partial charge in [0.25, 0.3) is 5.91 Å². The van der Waals surface area contributed by atoms with E-state index in [-0.39, 0.29) is 37.8 Å². The lowest BCUT2D eigenvalue weighted by Gasteiger charge is -2.29. The highest BCUT2D eigenvalue weighted by atomic mass is 35.5. The first kappa shape index (κ1) is 31.9. The van der Waals surface area contributed by atoms with Crippen LogP contribution in [0.25, 0.3) is 10.9 Å². The average molecular weight is 624 g/mol. The highest BCUT2D eigenvalue weighted by Crippen LogP contribution is 2.37. The lowest BCUT2D eigenvalue weighted by atomic mass is 9.98. The molecule has 1 N–H and O–H groups in total. The molecule has 0 spiro atoms. The Labute approximate surface area is 249 Å². The number of carbonyl (C=O) groups is 2. The lowest BCUT2D eigenvalue weighted by molar-refractivity contribution is -0.143. The number of hydrogen-bond donors (Lipinski definition) is 1. The normalized spacial score (nSPS) is 12.8. The Kier molecular flexibility index (Phi) is 9.44. The maximum atomic E-state index is 13.5. The van der Waals surface area contributed by atoms with Crippen LogP contribution in [0.4, 0.5) is 26.3 Å². The standard InChI is InChI=1S/C31H28ClF6N3O2/c1-40-18-21(26-8-3-4-9-27(26)40)15-25(10-11-28(42)39-17-19-6-5-7-24(32)12-19)41(2)29(43)20-13-22(30(33,34)35)16-23(14-20)31(36,37)38/h3-9,12-14,16,18,25H,10-11,15,17H2,1-2H3,(H,39,42). The molecule has 1 aromatic heterocycles.